The summed E-state index contributed by atoms with van der Waals surface area (Å²) in [5.41, 5.74) is 0. The Kier molecular flexibility index (Phi) is 2.53. The molecular weight excluding hydrogens is 252 g/mol. The first kappa shape index (κ1) is 11.5. The van der Waals surface area contributed by atoms with E-state index < -0.39 is 47.5 Å². The molecule has 3 aliphatic heterocycles. The lowest BCUT2D eigenvalue weighted by molar-refractivity contribution is -0.191. The van der Waals surface area contributed by atoms with E-state index in [-0.39, 0.29) is 6.61 Å². The maximum absolute atomic E-state index is 11.6. The van der Waals surface area contributed by atoms with Gasteiger partial charge in [-0.15, -0.1) is 0 Å². The average molecular weight is 264 g/mol. The molecule has 5 atom stereocenters. The molecule has 0 aromatic rings. The summed E-state index contributed by atoms with van der Waals surface area (Å²) in [5.74, 6) is -1.31. The van der Waals surface area contributed by atoms with Crippen LogP contribution in [0.15, 0.2) is 0 Å². The smallest absolute Gasteiger partial charge is 0.338 e. The Morgan fingerprint density at radius 2 is 2.06 bits per heavy atom. The minimum Gasteiger partial charge on any atom is -0.455 e. The molecule has 0 radical (unpaired) electrons. The van der Waals surface area contributed by atoms with Gasteiger partial charge in [0.15, 0.2) is 18.0 Å². The fraction of sp³-hybridized carbons (Fsp3) is 0.889. The van der Waals surface area contributed by atoms with E-state index in [1.807, 2.05) is 0 Å². The van der Waals surface area contributed by atoms with Gasteiger partial charge < -0.3 is 14.2 Å². The standard InChI is InChI=1S/C9H12O7S/c1-9(2)14-6-5(4-3-12-17(11)16-4)13-8(10)7(6)15-9/h4-7H,3H2,1-2H3/t4-,5-,6-,7+,17?/m1/s1. The van der Waals surface area contributed by atoms with Gasteiger partial charge in [0, 0.05) is 0 Å². The lowest BCUT2D eigenvalue weighted by Gasteiger charge is -2.23. The first-order chi connectivity index (χ1) is 7.96. The highest BCUT2D eigenvalue weighted by Crippen LogP contribution is 2.38. The van der Waals surface area contributed by atoms with Gasteiger partial charge in [-0.1, -0.05) is 0 Å². The van der Waals surface area contributed by atoms with E-state index in [0.29, 0.717) is 0 Å². The van der Waals surface area contributed by atoms with Crippen LogP contribution in [-0.4, -0.2) is 47.0 Å². The van der Waals surface area contributed by atoms with Crippen LogP contribution in [0.5, 0.6) is 0 Å². The van der Waals surface area contributed by atoms with Crippen LogP contribution in [0.1, 0.15) is 13.8 Å². The normalized spacial score (nSPS) is 48.1. The second-order valence-corrected chi connectivity index (χ2v) is 5.38. The summed E-state index contributed by atoms with van der Waals surface area (Å²) in [6.45, 7) is 3.55. The summed E-state index contributed by atoms with van der Waals surface area (Å²) >= 11 is -1.77. The Labute approximate surface area is 100 Å². The zero-order chi connectivity index (χ0) is 12.2. The van der Waals surface area contributed by atoms with Crippen molar-refractivity contribution < 1.29 is 31.6 Å². The van der Waals surface area contributed by atoms with E-state index in [0.717, 1.165) is 0 Å². The molecular formula is C9H12O7S. The summed E-state index contributed by atoms with van der Waals surface area (Å²) in [6, 6.07) is 0. The lowest BCUT2D eigenvalue weighted by atomic mass is 10.1. The van der Waals surface area contributed by atoms with Crippen molar-refractivity contribution in [1.29, 1.82) is 0 Å². The Bertz CT molecular complexity index is 382. The Hall–Kier alpha value is -0.540. The van der Waals surface area contributed by atoms with Crippen molar-refractivity contribution in [3.63, 3.8) is 0 Å². The van der Waals surface area contributed by atoms with Crippen molar-refractivity contribution in [3.8, 4) is 0 Å². The van der Waals surface area contributed by atoms with Crippen molar-refractivity contribution in [2.75, 3.05) is 6.61 Å². The van der Waals surface area contributed by atoms with E-state index in [9.17, 15) is 9.00 Å². The monoisotopic (exact) mass is 264 g/mol. The van der Waals surface area contributed by atoms with Crippen molar-refractivity contribution in [2.45, 2.75) is 44.1 Å². The van der Waals surface area contributed by atoms with Crippen LogP contribution in [0.4, 0.5) is 0 Å². The molecule has 0 aliphatic carbocycles. The fourth-order valence-electron chi connectivity index (χ4n) is 2.20. The van der Waals surface area contributed by atoms with E-state index in [1.165, 1.54) is 0 Å². The zero-order valence-electron chi connectivity index (χ0n) is 9.28. The third kappa shape index (κ3) is 1.89. The first-order valence-electron chi connectivity index (χ1n) is 5.24. The molecule has 0 spiro atoms. The van der Waals surface area contributed by atoms with E-state index in [1.54, 1.807) is 13.8 Å². The molecule has 3 rings (SSSR count). The van der Waals surface area contributed by atoms with E-state index in [2.05, 4.69) is 0 Å². The highest BCUT2D eigenvalue weighted by molar-refractivity contribution is 7.75. The summed E-state index contributed by atoms with van der Waals surface area (Å²) in [5, 5.41) is 0. The van der Waals surface area contributed by atoms with Gasteiger partial charge in [-0.2, -0.15) is 4.21 Å². The van der Waals surface area contributed by atoms with Crippen LogP contribution in [0.25, 0.3) is 0 Å². The molecule has 7 nitrogen and oxygen atoms in total. The molecule has 3 heterocycles. The molecule has 1 unspecified atom stereocenters. The van der Waals surface area contributed by atoms with Crippen LogP contribution >= 0.6 is 0 Å². The lowest BCUT2D eigenvalue weighted by Crippen LogP contribution is -2.39. The number of carbonyl (C=O) groups is 1. The topological polar surface area (TPSA) is 80.3 Å². The number of esters is 1. The predicted octanol–water partition coefficient (Wildman–Crippen LogP) is -0.574. The van der Waals surface area contributed by atoms with Gasteiger partial charge in [-0.05, 0) is 13.8 Å². The van der Waals surface area contributed by atoms with Crippen LogP contribution < -0.4 is 0 Å². The van der Waals surface area contributed by atoms with Gasteiger partial charge in [0.05, 0.1) is 6.61 Å². The zero-order valence-corrected chi connectivity index (χ0v) is 10.1. The largest absolute Gasteiger partial charge is 0.455 e. The van der Waals surface area contributed by atoms with Gasteiger partial charge in [0.1, 0.15) is 12.2 Å². The van der Waals surface area contributed by atoms with Crippen LogP contribution in [-0.2, 0) is 38.7 Å². The van der Waals surface area contributed by atoms with E-state index >= 15 is 0 Å². The number of ether oxygens (including phenoxy) is 3. The van der Waals surface area contributed by atoms with Gasteiger partial charge >= 0.3 is 17.3 Å². The Balaban J connectivity index is 1.79. The Morgan fingerprint density at radius 3 is 2.71 bits per heavy atom. The molecule has 0 saturated carbocycles. The van der Waals surface area contributed by atoms with Crippen molar-refractivity contribution in [3.05, 3.63) is 0 Å². The van der Waals surface area contributed by atoms with Gasteiger partial charge in [-0.25, -0.2) is 4.79 Å². The molecule has 96 valence electrons. The maximum Gasteiger partial charge on any atom is 0.338 e. The quantitative estimate of drug-likeness (QED) is 0.586. The third-order valence-corrected chi connectivity index (χ3v) is 3.57. The van der Waals surface area contributed by atoms with Gasteiger partial charge in [0.2, 0.25) is 0 Å². The van der Waals surface area contributed by atoms with Crippen molar-refractivity contribution in [1.82, 2.24) is 0 Å². The second-order valence-electron chi connectivity index (χ2n) is 4.55. The molecule has 3 saturated heterocycles. The molecule has 17 heavy (non-hydrogen) atoms. The Morgan fingerprint density at radius 1 is 1.29 bits per heavy atom. The summed E-state index contributed by atoms with van der Waals surface area (Å²) < 4.78 is 36.9. The number of hydrogen-bond acceptors (Lipinski definition) is 7. The number of cyclic esters (lactones) is 1. The predicted molar refractivity (Wildman–Crippen MR) is 52.7 cm³/mol. The second kappa shape index (κ2) is 3.72. The first-order valence-corrected chi connectivity index (χ1v) is 6.24. The number of carbonyl (C=O) groups excluding carboxylic acids is 1. The molecule has 0 bridgehead atoms. The minimum atomic E-state index is -1.77. The summed E-state index contributed by atoms with van der Waals surface area (Å²) in [6.07, 6.45) is -2.50. The number of fused-ring (bicyclic) bond motifs is 1. The van der Waals surface area contributed by atoms with Crippen LogP contribution in [0.3, 0.4) is 0 Å². The molecule has 0 N–H and O–H groups in total. The average Bonchev–Trinajstić information content (AvgIpc) is 2.84. The third-order valence-electron chi connectivity index (χ3n) is 2.83. The van der Waals surface area contributed by atoms with E-state index in [4.69, 9.17) is 22.6 Å². The maximum atomic E-state index is 11.6. The summed E-state index contributed by atoms with van der Waals surface area (Å²) in [7, 11) is 0. The highest BCUT2D eigenvalue weighted by Gasteiger charge is 2.59. The van der Waals surface area contributed by atoms with Crippen molar-refractivity contribution >= 4 is 17.3 Å². The number of hydrogen-bond donors (Lipinski definition) is 0. The number of rotatable bonds is 1. The SMILES string of the molecule is CC1(C)O[C@@H]2[C@@H]([C@H]3COS(=O)O3)OC(=O)[C@H]2O1. The summed E-state index contributed by atoms with van der Waals surface area (Å²) in [4.78, 5) is 11.6. The van der Waals surface area contributed by atoms with Crippen LogP contribution in [0, 0.1) is 0 Å². The molecule has 3 fully saturated rings. The molecule has 3 aliphatic rings. The molecule has 0 amide bonds. The molecule has 0 aromatic carbocycles. The van der Waals surface area contributed by atoms with Crippen molar-refractivity contribution in [2.24, 2.45) is 0 Å². The minimum absolute atomic E-state index is 0.109. The fourth-order valence-corrected chi connectivity index (χ4v) is 2.86. The highest BCUT2D eigenvalue weighted by atomic mass is 32.2. The van der Waals surface area contributed by atoms with Crippen LogP contribution in [0.2, 0.25) is 0 Å². The van der Waals surface area contributed by atoms with Gasteiger partial charge in [-0.3, -0.25) is 8.37 Å². The van der Waals surface area contributed by atoms with Gasteiger partial charge in [0.25, 0.3) is 0 Å². The molecule has 8 heteroatoms. The molecule has 0 aromatic heterocycles.